The molecule has 0 saturated heterocycles. The van der Waals surface area contributed by atoms with Gasteiger partial charge in [0.25, 0.3) is 0 Å². The number of Topliss-reactive ketones (excluding diaryl/α,β-unsaturated/α-hetero) is 1. The normalized spacial score (nSPS) is 11.5. The van der Waals surface area contributed by atoms with Crippen LogP contribution in [0.5, 0.6) is 0 Å². The number of carbonyl (C=O) groups excluding carboxylic acids is 1. The lowest BCUT2D eigenvalue weighted by molar-refractivity contribution is 0.0857. The summed E-state index contributed by atoms with van der Waals surface area (Å²) < 4.78 is 5.05. The van der Waals surface area contributed by atoms with Crippen LogP contribution in [-0.2, 0) is 11.2 Å². The summed E-state index contributed by atoms with van der Waals surface area (Å²) in [6, 6.07) is 7.77. The Balaban J connectivity index is 2.99. The number of ketones is 1. The Labute approximate surface area is 97.6 Å². The predicted molar refractivity (Wildman–Crippen MR) is 65.8 cm³/mol. The van der Waals surface area contributed by atoms with E-state index in [9.17, 15) is 4.79 Å². The molecule has 0 amide bonds. The maximum atomic E-state index is 12.2. The highest BCUT2D eigenvalue weighted by atomic mass is 16.5. The summed E-state index contributed by atoms with van der Waals surface area (Å²) in [5.41, 5.74) is 1.57. The highest BCUT2D eigenvalue weighted by Gasteiger charge is 2.24. The van der Waals surface area contributed by atoms with Gasteiger partial charge in [0.2, 0.25) is 0 Å². The molecular weight excluding hydrogens is 200 g/mol. The summed E-state index contributed by atoms with van der Waals surface area (Å²) in [5.74, 6) is 0.194. The summed E-state index contributed by atoms with van der Waals surface area (Å²) in [6.07, 6.45) is 0.786. The summed E-state index contributed by atoms with van der Waals surface area (Å²) in [4.78, 5) is 12.2. The minimum atomic E-state index is -0.330. The second-order valence-corrected chi connectivity index (χ2v) is 4.98. The first-order chi connectivity index (χ1) is 7.46. The first-order valence-electron chi connectivity index (χ1n) is 5.58. The first-order valence-corrected chi connectivity index (χ1v) is 5.58. The van der Waals surface area contributed by atoms with Crippen molar-refractivity contribution in [3.8, 4) is 0 Å². The summed E-state index contributed by atoms with van der Waals surface area (Å²) in [6.45, 7) is 6.49. The number of methoxy groups -OCH3 is 1. The standard InChI is InChI=1S/C14H20O2/c1-14(2,3)13(15)12-8-6-5-7-11(12)9-10-16-4/h5-8H,9-10H2,1-4H3. The zero-order valence-corrected chi connectivity index (χ0v) is 10.5. The highest BCUT2D eigenvalue weighted by Crippen LogP contribution is 2.23. The minimum absolute atomic E-state index is 0.194. The average molecular weight is 220 g/mol. The molecule has 88 valence electrons. The number of carbonyl (C=O) groups is 1. The van der Waals surface area contributed by atoms with Crippen molar-refractivity contribution >= 4 is 5.78 Å². The SMILES string of the molecule is COCCc1ccccc1C(=O)C(C)(C)C. The van der Waals surface area contributed by atoms with E-state index < -0.39 is 0 Å². The molecule has 0 saturated carbocycles. The number of rotatable bonds is 4. The monoisotopic (exact) mass is 220 g/mol. The molecule has 0 unspecified atom stereocenters. The van der Waals surface area contributed by atoms with E-state index in [1.807, 2.05) is 45.0 Å². The topological polar surface area (TPSA) is 26.3 Å². The van der Waals surface area contributed by atoms with E-state index in [1.54, 1.807) is 7.11 Å². The van der Waals surface area contributed by atoms with Gasteiger partial charge >= 0.3 is 0 Å². The fourth-order valence-electron chi connectivity index (χ4n) is 1.58. The zero-order chi connectivity index (χ0) is 12.2. The van der Waals surface area contributed by atoms with Crippen molar-refractivity contribution in [1.82, 2.24) is 0 Å². The van der Waals surface area contributed by atoms with Crippen LogP contribution in [0.4, 0.5) is 0 Å². The van der Waals surface area contributed by atoms with Gasteiger partial charge in [0.05, 0.1) is 6.61 Å². The molecule has 0 aliphatic rings. The lowest BCUT2D eigenvalue weighted by Gasteiger charge is -2.18. The van der Waals surface area contributed by atoms with Gasteiger partial charge in [-0.3, -0.25) is 4.79 Å². The molecule has 0 N–H and O–H groups in total. The molecule has 0 atom stereocenters. The van der Waals surface area contributed by atoms with Crippen molar-refractivity contribution in [1.29, 1.82) is 0 Å². The van der Waals surface area contributed by atoms with E-state index in [0.29, 0.717) is 6.61 Å². The molecule has 0 aliphatic carbocycles. The van der Waals surface area contributed by atoms with Gasteiger partial charge in [-0.05, 0) is 12.0 Å². The van der Waals surface area contributed by atoms with Gasteiger partial charge in [0, 0.05) is 18.1 Å². The van der Waals surface area contributed by atoms with Crippen LogP contribution in [0.15, 0.2) is 24.3 Å². The average Bonchev–Trinajstić information content (AvgIpc) is 2.24. The maximum Gasteiger partial charge on any atom is 0.168 e. The van der Waals surface area contributed by atoms with Crippen molar-refractivity contribution in [3.05, 3.63) is 35.4 Å². The van der Waals surface area contributed by atoms with E-state index in [2.05, 4.69) is 0 Å². The van der Waals surface area contributed by atoms with Gasteiger partial charge in [-0.15, -0.1) is 0 Å². The van der Waals surface area contributed by atoms with Gasteiger partial charge in [-0.2, -0.15) is 0 Å². The van der Waals surface area contributed by atoms with Crippen LogP contribution in [0.2, 0.25) is 0 Å². The van der Waals surface area contributed by atoms with Crippen LogP contribution in [-0.4, -0.2) is 19.5 Å². The van der Waals surface area contributed by atoms with E-state index in [-0.39, 0.29) is 11.2 Å². The molecule has 0 aromatic heterocycles. The Hall–Kier alpha value is -1.15. The van der Waals surface area contributed by atoms with E-state index >= 15 is 0 Å². The van der Waals surface area contributed by atoms with Gasteiger partial charge in [0.1, 0.15) is 0 Å². The summed E-state index contributed by atoms with van der Waals surface area (Å²) in [5, 5.41) is 0. The van der Waals surface area contributed by atoms with Crippen LogP contribution in [0.3, 0.4) is 0 Å². The fraction of sp³-hybridized carbons (Fsp3) is 0.500. The molecule has 2 heteroatoms. The fourth-order valence-corrected chi connectivity index (χ4v) is 1.58. The van der Waals surface area contributed by atoms with Crippen molar-refractivity contribution in [3.63, 3.8) is 0 Å². The quantitative estimate of drug-likeness (QED) is 0.729. The molecule has 0 radical (unpaired) electrons. The Morgan fingerprint density at radius 2 is 1.88 bits per heavy atom. The molecule has 0 fully saturated rings. The van der Waals surface area contributed by atoms with Gasteiger partial charge < -0.3 is 4.74 Å². The molecule has 1 rings (SSSR count). The summed E-state index contributed by atoms with van der Waals surface area (Å²) >= 11 is 0. The molecule has 0 bridgehead atoms. The molecular formula is C14H20O2. The molecule has 2 nitrogen and oxygen atoms in total. The number of hydrogen-bond acceptors (Lipinski definition) is 2. The van der Waals surface area contributed by atoms with E-state index in [0.717, 1.165) is 17.5 Å². The third-order valence-corrected chi connectivity index (χ3v) is 2.52. The smallest absolute Gasteiger partial charge is 0.168 e. The second kappa shape index (κ2) is 5.26. The van der Waals surface area contributed by atoms with Crippen LogP contribution in [0, 0.1) is 5.41 Å². The summed E-state index contributed by atoms with van der Waals surface area (Å²) in [7, 11) is 1.67. The lowest BCUT2D eigenvalue weighted by Crippen LogP contribution is -2.21. The van der Waals surface area contributed by atoms with Crippen LogP contribution < -0.4 is 0 Å². The Kier molecular flexibility index (Phi) is 4.25. The van der Waals surface area contributed by atoms with Crippen molar-refractivity contribution in [2.24, 2.45) is 5.41 Å². The number of benzene rings is 1. The molecule has 0 spiro atoms. The number of ether oxygens (including phenoxy) is 1. The molecule has 1 aromatic rings. The Morgan fingerprint density at radius 3 is 2.44 bits per heavy atom. The highest BCUT2D eigenvalue weighted by molar-refractivity contribution is 6.01. The minimum Gasteiger partial charge on any atom is -0.384 e. The van der Waals surface area contributed by atoms with Crippen molar-refractivity contribution < 1.29 is 9.53 Å². The van der Waals surface area contributed by atoms with Crippen LogP contribution in [0.1, 0.15) is 36.7 Å². The van der Waals surface area contributed by atoms with Crippen molar-refractivity contribution in [2.75, 3.05) is 13.7 Å². The van der Waals surface area contributed by atoms with Crippen LogP contribution in [0.25, 0.3) is 0 Å². The Morgan fingerprint density at radius 1 is 1.25 bits per heavy atom. The number of hydrogen-bond donors (Lipinski definition) is 0. The Bertz CT molecular complexity index is 361. The third kappa shape index (κ3) is 3.17. The molecule has 0 heterocycles. The van der Waals surface area contributed by atoms with E-state index in [1.165, 1.54) is 0 Å². The van der Waals surface area contributed by atoms with Crippen molar-refractivity contribution in [2.45, 2.75) is 27.2 Å². The third-order valence-electron chi connectivity index (χ3n) is 2.52. The maximum absolute atomic E-state index is 12.2. The first kappa shape index (κ1) is 12.9. The molecule has 0 aliphatic heterocycles. The lowest BCUT2D eigenvalue weighted by atomic mass is 9.84. The van der Waals surface area contributed by atoms with Gasteiger partial charge in [0.15, 0.2) is 5.78 Å². The van der Waals surface area contributed by atoms with E-state index in [4.69, 9.17) is 4.74 Å². The molecule has 16 heavy (non-hydrogen) atoms. The largest absolute Gasteiger partial charge is 0.384 e. The van der Waals surface area contributed by atoms with Gasteiger partial charge in [-0.1, -0.05) is 45.0 Å². The second-order valence-electron chi connectivity index (χ2n) is 4.98. The molecule has 1 aromatic carbocycles. The van der Waals surface area contributed by atoms with Gasteiger partial charge in [-0.25, -0.2) is 0 Å². The van der Waals surface area contributed by atoms with Crippen LogP contribution >= 0.6 is 0 Å². The predicted octanol–water partition coefficient (Wildman–Crippen LogP) is 3.10. The zero-order valence-electron chi connectivity index (χ0n) is 10.5.